The summed E-state index contributed by atoms with van der Waals surface area (Å²) in [5, 5.41) is 1.88. The number of nitrogen functional groups attached to an aromatic ring is 1. The Bertz CT molecular complexity index is 944. The molecule has 0 bridgehead atoms. The standard InChI is InChI=1S/C19H28F3N5O4/c1-11(2)8-27-15(23)14(17(30)25(3)18(27)31)13(28)9-26-6-4-12(5-7-26)16(29)24-10-19(20,21)22/h11-12H,4-10,23H2,1-3H3,(H,24,29). The van der Waals surface area contributed by atoms with E-state index in [2.05, 4.69) is 0 Å². The molecule has 1 aliphatic heterocycles. The minimum absolute atomic E-state index is 0.0583. The molecule has 12 heteroatoms. The van der Waals surface area contributed by atoms with Crippen molar-refractivity contribution in [2.45, 2.75) is 39.4 Å². The molecule has 1 aromatic rings. The summed E-state index contributed by atoms with van der Waals surface area (Å²) in [6.07, 6.45) is -3.89. The molecule has 9 nitrogen and oxygen atoms in total. The van der Waals surface area contributed by atoms with Crippen molar-refractivity contribution in [1.82, 2.24) is 19.4 Å². The Morgan fingerprint density at radius 3 is 2.29 bits per heavy atom. The molecule has 174 valence electrons. The number of nitrogens with zero attached hydrogens (tertiary/aromatic N) is 3. The number of hydrogen-bond acceptors (Lipinski definition) is 6. The fourth-order valence-electron chi connectivity index (χ4n) is 3.55. The average molecular weight is 447 g/mol. The van der Waals surface area contributed by atoms with E-state index in [1.54, 1.807) is 4.90 Å². The summed E-state index contributed by atoms with van der Waals surface area (Å²) >= 11 is 0. The van der Waals surface area contributed by atoms with Gasteiger partial charge in [0.1, 0.15) is 17.9 Å². The van der Waals surface area contributed by atoms with Crippen molar-refractivity contribution < 1.29 is 22.8 Å². The highest BCUT2D eigenvalue weighted by atomic mass is 19.4. The minimum Gasteiger partial charge on any atom is -0.384 e. The number of amides is 1. The Hall–Kier alpha value is -2.63. The van der Waals surface area contributed by atoms with Crippen molar-refractivity contribution in [3.8, 4) is 0 Å². The van der Waals surface area contributed by atoms with Crippen molar-refractivity contribution in [3.63, 3.8) is 0 Å². The maximum Gasteiger partial charge on any atom is 0.405 e. The van der Waals surface area contributed by atoms with Crippen LogP contribution < -0.4 is 22.3 Å². The first-order valence-corrected chi connectivity index (χ1v) is 10.0. The van der Waals surface area contributed by atoms with Gasteiger partial charge in [-0.2, -0.15) is 13.2 Å². The summed E-state index contributed by atoms with van der Waals surface area (Å²) < 4.78 is 38.8. The molecule has 0 atom stereocenters. The van der Waals surface area contributed by atoms with Gasteiger partial charge in [-0.25, -0.2) is 4.79 Å². The first kappa shape index (κ1) is 24.6. The molecule has 1 saturated heterocycles. The van der Waals surface area contributed by atoms with E-state index >= 15 is 0 Å². The van der Waals surface area contributed by atoms with Crippen molar-refractivity contribution in [1.29, 1.82) is 0 Å². The zero-order valence-corrected chi connectivity index (χ0v) is 17.8. The fraction of sp³-hybridized carbons (Fsp3) is 0.684. The number of anilines is 1. The maximum atomic E-state index is 12.8. The molecular weight excluding hydrogens is 419 g/mol. The van der Waals surface area contributed by atoms with Crippen LogP contribution in [0.4, 0.5) is 19.0 Å². The quantitative estimate of drug-likeness (QED) is 0.583. The van der Waals surface area contributed by atoms with E-state index in [0.29, 0.717) is 13.1 Å². The van der Waals surface area contributed by atoms with Crippen molar-refractivity contribution >= 4 is 17.5 Å². The van der Waals surface area contributed by atoms with Gasteiger partial charge in [0.2, 0.25) is 5.91 Å². The van der Waals surface area contributed by atoms with Gasteiger partial charge in [-0.05, 0) is 31.8 Å². The second kappa shape index (κ2) is 9.67. The third-order valence-corrected chi connectivity index (χ3v) is 5.20. The predicted octanol–water partition coefficient (Wildman–Crippen LogP) is 0.358. The predicted molar refractivity (Wildman–Crippen MR) is 108 cm³/mol. The van der Waals surface area contributed by atoms with Crippen LogP contribution in [0, 0.1) is 11.8 Å². The van der Waals surface area contributed by atoms with Crippen LogP contribution in [-0.4, -0.2) is 58.1 Å². The fourth-order valence-corrected chi connectivity index (χ4v) is 3.55. The Balaban J connectivity index is 2.07. The molecule has 1 fully saturated rings. The third kappa shape index (κ3) is 6.18. The summed E-state index contributed by atoms with van der Waals surface area (Å²) in [6, 6.07) is 0. The molecule has 0 radical (unpaired) electrons. The number of aromatic nitrogens is 2. The number of likely N-dealkylation sites (tertiary alicyclic amines) is 1. The van der Waals surface area contributed by atoms with Crippen LogP contribution in [-0.2, 0) is 18.4 Å². The summed E-state index contributed by atoms with van der Waals surface area (Å²) in [5.41, 5.74) is 4.38. The Morgan fingerprint density at radius 2 is 1.77 bits per heavy atom. The normalized spacial score (nSPS) is 16.0. The molecule has 0 unspecified atom stereocenters. The van der Waals surface area contributed by atoms with E-state index in [9.17, 15) is 32.3 Å². The lowest BCUT2D eigenvalue weighted by Gasteiger charge is -2.30. The van der Waals surface area contributed by atoms with Crippen LogP contribution >= 0.6 is 0 Å². The van der Waals surface area contributed by atoms with Gasteiger partial charge < -0.3 is 11.1 Å². The lowest BCUT2D eigenvalue weighted by atomic mass is 9.95. The zero-order valence-electron chi connectivity index (χ0n) is 17.8. The number of halogens is 3. The van der Waals surface area contributed by atoms with Gasteiger partial charge in [0, 0.05) is 19.5 Å². The largest absolute Gasteiger partial charge is 0.405 e. The number of hydrogen-bond donors (Lipinski definition) is 2. The maximum absolute atomic E-state index is 12.8. The summed E-state index contributed by atoms with van der Waals surface area (Å²) in [5.74, 6) is -1.89. The van der Waals surface area contributed by atoms with Crippen molar-refractivity contribution in [2.75, 3.05) is 31.9 Å². The Morgan fingerprint density at radius 1 is 1.19 bits per heavy atom. The SMILES string of the molecule is CC(C)Cn1c(N)c(C(=O)CN2CCC(C(=O)NCC(F)(F)F)CC2)c(=O)n(C)c1=O. The summed E-state index contributed by atoms with van der Waals surface area (Å²) in [7, 11) is 1.28. The van der Waals surface area contributed by atoms with Crippen LogP contribution in [0.25, 0.3) is 0 Å². The molecule has 2 rings (SSSR count). The van der Waals surface area contributed by atoms with E-state index in [1.807, 2.05) is 19.2 Å². The van der Waals surface area contributed by atoms with Gasteiger partial charge >= 0.3 is 11.9 Å². The first-order valence-electron chi connectivity index (χ1n) is 10.0. The number of alkyl halides is 3. The second-order valence-electron chi connectivity index (χ2n) is 8.22. The number of nitrogens with two attached hydrogens (primary N) is 1. The number of nitrogens with one attached hydrogen (secondary N) is 1. The van der Waals surface area contributed by atoms with E-state index in [1.165, 1.54) is 11.6 Å². The number of carbonyl (C=O) groups excluding carboxylic acids is 2. The monoisotopic (exact) mass is 447 g/mol. The minimum atomic E-state index is -4.47. The smallest absolute Gasteiger partial charge is 0.384 e. The lowest BCUT2D eigenvalue weighted by Crippen LogP contribution is -2.46. The molecule has 0 saturated carbocycles. The van der Waals surface area contributed by atoms with Crippen molar-refractivity contribution in [2.24, 2.45) is 18.9 Å². The van der Waals surface area contributed by atoms with Crippen LogP contribution in [0.3, 0.4) is 0 Å². The lowest BCUT2D eigenvalue weighted by molar-refractivity contribution is -0.141. The molecule has 1 aliphatic rings. The Kier molecular flexibility index (Phi) is 7.68. The van der Waals surface area contributed by atoms with Crippen LogP contribution in [0.5, 0.6) is 0 Å². The molecule has 2 heterocycles. The van der Waals surface area contributed by atoms with E-state index in [-0.39, 0.29) is 43.2 Å². The number of ketones is 1. The van der Waals surface area contributed by atoms with Gasteiger partial charge in [0.05, 0.1) is 6.54 Å². The van der Waals surface area contributed by atoms with E-state index in [0.717, 1.165) is 4.57 Å². The number of Topliss-reactive ketones (excluding diaryl/α,β-unsaturated/α-hetero) is 1. The molecule has 0 aliphatic carbocycles. The molecule has 1 aromatic heterocycles. The van der Waals surface area contributed by atoms with E-state index in [4.69, 9.17) is 5.73 Å². The molecular formula is C19H28F3N5O4. The van der Waals surface area contributed by atoms with Gasteiger partial charge in [0.25, 0.3) is 5.56 Å². The van der Waals surface area contributed by atoms with Crippen molar-refractivity contribution in [3.05, 3.63) is 26.4 Å². The Labute approximate surface area is 177 Å². The second-order valence-corrected chi connectivity index (χ2v) is 8.22. The van der Waals surface area contributed by atoms with Gasteiger partial charge in [-0.3, -0.25) is 28.4 Å². The van der Waals surface area contributed by atoms with Gasteiger partial charge in [-0.1, -0.05) is 13.8 Å². The molecule has 0 spiro atoms. The number of carbonyl (C=O) groups is 2. The highest BCUT2D eigenvalue weighted by Gasteiger charge is 2.32. The molecule has 31 heavy (non-hydrogen) atoms. The third-order valence-electron chi connectivity index (χ3n) is 5.20. The number of piperidine rings is 1. The van der Waals surface area contributed by atoms with Crippen LogP contribution in [0.15, 0.2) is 9.59 Å². The average Bonchev–Trinajstić information content (AvgIpc) is 2.68. The highest BCUT2D eigenvalue weighted by Crippen LogP contribution is 2.19. The molecule has 1 amide bonds. The van der Waals surface area contributed by atoms with Gasteiger partial charge in [-0.15, -0.1) is 0 Å². The molecule has 3 N–H and O–H groups in total. The van der Waals surface area contributed by atoms with Gasteiger partial charge in [0.15, 0.2) is 5.78 Å². The molecule has 0 aromatic carbocycles. The zero-order chi connectivity index (χ0) is 23.5. The van der Waals surface area contributed by atoms with E-state index < -0.39 is 41.6 Å². The van der Waals surface area contributed by atoms with Crippen LogP contribution in [0.2, 0.25) is 0 Å². The topological polar surface area (TPSA) is 119 Å². The number of rotatable bonds is 7. The van der Waals surface area contributed by atoms with Crippen LogP contribution in [0.1, 0.15) is 37.0 Å². The summed E-state index contributed by atoms with van der Waals surface area (Å²) in [4.78, 5) is 51.3. The highest BCUT2D eigenvalue weighted by molar-refractivity contribution is 6.01. The first-order chi connectivity index (χ1) is 14.3. The summed E-state index contributed by atoms with van der Waals surface area (Å²) in [6.45, 7) is 3.08.